The fraction of sp³-hybridized carbons (Fsp3) is 0.526. The van der Waals surface area contributed by atoms with Crippen molar-refractivity contribution in [1.82, 2.24) is 10.6 Å². The van der Waals surface area contributed by atoms with Crippen molar-refractivity contribution in [3.05, 3.63) is 28.2 Å². The van der Waals surface area contributed by atoms with Crippen LogP contribution in [-0.2, 0) is 9.53 Å². The lowest BCUT2D eigenvalue weighted by Gasteiger charge is -2.23. The zero-order valence-electron chi connectivity index (χ0n) is 16.0. The Hall–Kier alpha value is -2.27. The maximum atomic E-state index is 12.4. The molecule has 7 nitrogen and oxygen atoms in total. The first kappa shape index (κ1) is 21.0. The molecule has 1 aliphatic rings. The van der Waals surface area contributed by atoms with E-state index in [0.717, 1.165) is 23.1 Å². The molecule has 1 aromatic rings. The number of rotatable bonds is 4. The maximum Gasteiger partial charge on any atom is 0.408 e. The predicted molar refractivity (Wildman–Crippen MR) is 106 cm³/mol. The molecule has 0 saturated carbocycles. The van der Waals surface area contributed by atoms with E-state index in [1.807, 2.05) is 12.1 Å². The molecule has 1 heterocycles. The van der Waals surface area contributed by atoms with Crippen LogP contribution in [0.3, 0.4) is 0 Å². The lowest BCUT2D eigenvalue weighted by Crippen LogP contribution is -2.49. The quantitative estimate of drug-likeness (QED) is 0.756. The third-order valence-corrected chi connectivity index (χ3v) is 4.57. The number of halogens is 1. The molecule has 0 spiro atoms. The zero-order chi connectivity index (χ0) is 20.2. The maximum absolute atomic E-state index is 12.4. The number of alkyl carbamates (subject to hydrolysis) is 1. The van der Waals surface area contributed by atoms with Crippen molar-refractivity contribution in [3.8, 4) is 6.07 Å². The highest BCUT2D eigenvalue weighted by atomic mass is 79.9. The second-order valence-corrected chi connectivity index (χ2v) is 8.50. The lowest BCUT2D eigenvalue weighted by molar-refractivity contribution is -0.123. The largest absolute Gasteiger partial charge is 0.444 e. The van der Waals surface area contributed by atoms with E-state index >= 15 is 0 Å². The van der Waals surface area contributed by atoms with Gasteiger partial charge in [-0.2, -0.15) is 5.26 Å². The molecular formula is C19H25BrN4O3. The van der Waals surface area contributed by atoms with Crippen molar-refractivity contribution < 1.29 is 14.3 Å². The number of ether oxygens (including phenoxy) is 1. The number of nitriles is 1. The van der Waals surface area contributed by atoms with E-state index < -0.39 is 17.7 Å². The summed E-state index contributed by atoms with van der Waals surface area (Å²) in [5, 5.41) is 14.8. The van der Waals surface area contributed by atoms with E-state index in [4.69, 9.17) is 4.74 Å². The molecule has 2 atom stereocenters. The first-order valence-electron chi connectivity index (χ1n) is 8.83. The van der Waals surface area contributed by atoms with Gasteiger partial charge in [0, 0.05) is 23.6 Å². The highest BCUT2D eigenvalue weighted by Crippen LogP contribution is 2.27. The number of amides is 2. The van der Waals surface area contributed by atoms with Crippen LogP contribution in [0.15, 0.2) is 22.7 Å². The minimum Gasteiger partial charge on any atom is -0.444 e. The molecule has 0 unspecified atom stereocenters. The van der Waals surface area contributed by atoms with Crippen LogP contribution in [0.1, 0.15) is 39.7 Å². The Morgan fingerprint density at radius 3 is 2.74 bits per heavy atom. The smallest absolute Gasteiger partial charge is 0.408 e. The van der Waals surface area contributed by atoms with Gasteiger partial charge in [0.25, 0.3) is 0 Å². The third kappa shape index (κ3) is 6.14. The SMILES string of the molecule is C[C@H](NC(=O)OC(C)(C)C)C(=O)N[C@H]1CCN(c2ccc(Br)cc2C#N)C1. The average Bonchev–Trinajstić information content (AvgIpc) is 3.00. The molecule has 2 N–H and O–H groups in total. The third-order valence-electron chi connectivity index (χ3n) is 4.08. The molecule has 1 fully saturated rings. The van der Waals surface area contributed by atoms with Gasteiger partial charge in [-0.05, 0) is 52.3 Å². The summed E-state index contributed by atoms with van der Waals surface area (Å²) in [5.41, 5.74) is 0.837. The normalized spacial score (nSPS) is 17.8. The molecule has 1 aliphatic heterocycles. The van der Waals surface area contributed by atoms with Gasteiger partial charge in [0.2, 0.25) is 5.91 Å². The number of nitrogens with one attached hydrogen (secondary N) is 2. The minimum absolute atomic E-state index is 0.0458. The van der Waals surface area contributed by atoms with E-state index in [2.05, 4.69) is 37.5 Å². The summed E-state index contributed by atoms with van der Waals surface area (Å²) >= 11 is 3.37. The molecule has 8 heteroatoms. The fourth-order valence-electron chi connectivity index (χ4n) is 2.85. The Balaban J connectivity index is 1.90. The molecule has 0 radical (unpaired) electrons. The van der Waals surface area contributed by atoms with Gasteiger partial charge >= 0.3 is 6.09 Å². The fourth-order valence-corrected chi connectivity index (χ4v) is 3.21. The summed E-state index contributed by atoms with van der Waals surface area (Å²) in [6.07, 6.45) is 0.151. The van der Waals surface area contributed by atoms with Gasteiger partial charge in [0.05, 0.1) is 11.3 Å². The van der Waals surface area contributed by atoms with Gasteiger partial charge in [-0.25, -0.2) is 4.79 Å². The van der Waals surface area contributed by atoms with Crippen LogP contribution in [0.25, 0.3) is 0 Å². The number of anilines is 1. The minimum atomic E-state index is -0.698. The van der Waals surface area contributed by atoms with E-state index in [1.54, 1.807) is 33.8 Å². The van der Waals surface area contributed by atoms with Crippen LogP contribution in [0, 0.1) is 11.3 Å². The topological polar surface area (TPSA) is 94.5 Å². The van der Waals surface area contributed by atoms with Crippen molar-refractivity contribution in [1.29, 1.82) is 5.26 Å². The number of nitrogens with zero attached hydrogens (tertiary/aromatic N) is 2. The molecule has 2 rings (SSSR count). The van der Waals surface area contributed by atoms with Crippen molar-refractivity contribution in [2.75, 3.05) is 18.0 Å². The summed E-state index contributed by atoms with van der Waals surface area (Å²) < 4.78 is 6.02. The number of hydrogen-bond donors (Lipinski definition) is 2. The van der Waals surface area contributed by atoms with Gasteiger partial charge in [0.1, 0.15) is 17.7 Å². The van der Waals surface area contributed by atoms with Crippen LogP contribution in [0.5, 0.6) is 0 Å². The van der Waals surface area contributed by atoms with Crippen LogP contribution >= 0.6 is 15.9 Å². The summed E-state index contributed by atoms with van der Waals surface area (Å²) in [6.45, 7) is 8.27. The van der Waals surface area contributed by atoms with E-state index in [-0.39, 0.29) is 11.9 Å². The Morgan fingerprint density at radius 2 is 2.11 bits per heavy atom. The number of carbonyl (C=O) groups is 2. The van der Waals surface area contributed by atoms with Gasteiger partial charge in [0.15, 0.2) is 0 Å². The van der Waals surface area contributed by atoms with Crippen molar-refractivity contribution in [3.63, 3.8) is 0 Å². The number of hydrogen-bond acceptors (Lipinski definition) is 5. The van der Waals surface area contributed by atoms with Crippen molar-refractivity contribution >= 4 is 33.6 Å². The van der Waals surface area contributed by atoms with Gasteiger partial charge in [-0.1, -0.05) is 15.9 Å². The molecule has 2 amide bonds. The average molecular weight is 437 g/mol. The summed E-state index contributed by atoms with van der Waals surface area (Å²) in [4.78, 5) is 26.2. The van der Waals surface area contributed by atoms with Gasteiger partial charge in [-0.15, -0.1) is 0 Å². The van der Waals surface area contributed by atoms with Crippen LogP contribution in [-0.4, -0.2) is 42.8 Å². The Morgan fingerprint density at radius 1 is 1.41 bits per heavy atom. The second-order valence-electron chi connectivity index (χ2n) is 7.58. The van der Waals surface area contributed by atoms with Crippen LogP contribution in [0.4, 0.5) is 10.5 Å². The molecule has 1 saturated heterocycles. The standard InChI is InChI=1S/C19H25BrN4O3/c1-12(22-18(26)27-19(2,3)4)17(25)23-15-7-8-24(11-15)16-6-5-14(20)9-13(16)10-21/h5-6,9,12,15H,7-8,11H2,1-4H3,(H,22,26)(H,23,25)/t12-,15-/m0/s1. The monoisotopic (exact) mass is 436 g/mol. The number of benzene rings is 1. The van der Waals surface area contributed by atoms with Crippen molar-refractivity contribution in [2.24, 2.45) is 0 Å². The Labute approximate surface area is 168 Å². The Bertz CT molecular complexity index is 754. The zero-order valence-corrected chi connectivity index (χ0v) is 17.6. The van der Waals surface area contributed by atoms with Crippen LogP contribution in [0.2, 0.25) is 0 Å². The second kappa shape index (κ2) is 8.61. The highest BCUT2D eigenvalue weighted by Gasteiger charge is 2.28. The molecule has 27 heavy (non-hydrogen) atoms. The Kier molecular flexibility index (Phi) is 6.71. The summed E-state index contributed by atoms with van der Waals surface area (Å²) in [6, 6.07) is 7.05. The lowest BCUT2D eigenvalue weighted by atomic mass is 10.2. The molecule has 146 valence electrons. The summed E-state index contributed by atoms with van der Waals surface area (Å²) in [7, 11) is 0. The molecule has 0 aliphatic carbocycles. The van der Waals surface area contributed by atoms with Crippen LogP contribution < -0.4 is 15.5 Å². The molecule has 0 aromatic heterocycles. The van der Waals surface area contributed by atoms with E-state index in [9.17, 15) is 14.9 Å². The molecule has 0 bridgehead atoms. The van der Waals surface area contributed by atoms with Gasteiger partial charge < -0.3 is 20.3 Å². The predicted octanol–water partition coefficient (Wildman–Crippen LogP) is 2.93. The van der Waals surface area contributed by atoms with Crippen molar-refractivity contribution in [2.45, 2.75) is 51.8 Å². The first-order chi connectivity index (χ1) is 12.6. The molecular weight excluding hydrogens is 412 g/mol. The van der Waals surface area contributed by atoms with E-state index in [1.165, 1.54) is 0 Å². The van der Waals surface area contributed by atoms with E-state index in [0.29, 0.717) is 12.1 Å². The highest BCUT2D eigenvalue weighted by molar-refractivity contribution is 9.10. The number of carbonyl (C=O) groups excluding carboxylic acids is 2. The molecule has 1 aromatic carbocycles. The summed E-state index contributed by atoms with van der Waals surface area (Å²) in [5.74, 6) is -0.260. The van der Waals surface area contributed by atoms with Gasteiger partial charge in [-0.3, -0.25) is 4.79 Å². The first-order valence-corrected chi connectivity index (χ1v) is 9.63.